The van der Waals surface area contributed by atoms with Crippen molar-refractivity contribution in [3.8, 4) is 0 Å². The van der Waals surface area contributed by atoms with Gasteiger partial charge < -0.3 is 9.47 Å². The second-order valence-corrected chi connectivity index (χ2v) is 6.08. The minimum absolute atomic E-state index is 0.151. The summed E-state index contributed by atoms with van der Waals surface area (Å²) >= 11 is 0. The van der Waals surface area contributed by atoms with E-state index in [-0.39, 0.29) is 24.4 Å². The van der Waals surface area contributed by atoms with Crippen molar-refractivity contribution < 1.29 is 23.3 Å². The highest BCUT2D eigenvalue weighted by atomic mass is 32.2. The zero-order chi connectivity index (χ0) is 13.3. The molecule has 5 nitrogen and oxygen atoms in total. The van der Waals surface area contributed by atoms with Gasteiger partial charge in [0.05, 0.1) is 29.3 Å². The molecule has 6 heteroatoms. The van der Waals surface area contributed by atoms with Crippen LogP contribution in [0.1, 0.15) is 20.3 Å². The topological polar surface area (TPSA) is 69.7 Å². The predicted octanol–water partition coefficient (Wildman–Crippen LogP) is 0.558. The second-order valence-electron chi connectivity index (χ2n) is 4.24. The monoisotopic (exact) mass is 272 g/mol. The Labute approximate surface area is 108 Å². The van der Waals surface area contributed by atoms with E-state index in [4.69, 9.17) is 9.47 Å². The molecular formula is C12H16O5S. The quantitative estimate of drug-likeness (QED) is 0.425. The molecule has 0 amide bonds. The summed E-state index contributed by atoms with van der Waals surface area (Å²) in [7, 11) is -1.61. The van der Waals surface area contributed by atoms with Gasteiger partial charge in [0.2, 0.25) is 4.75 Å². The van der Waals surface area contributed by atoms with Crippen molar-refractivity contribution in [2.75, 3.05) is 13.2 Å². The molecule has 0 aromatic rings. The molecule has 3 atom stereocenters. The molecule has 2 bridgehead atoms. The smallest absolute Gasteiger partial charge is 0.337 e. The van der Waals surface area contributed by atoms with Crippen LogP contribution in [-0.4, -0.2) is 39.4 Å². The molecule has 1 heterocycles. The minimum Gasteiger partial charge on any atom is -0.464 e. The number of hydrogen-bond acceptors (Lipinski definition) is 5. The van der Waals surface area contributed by atoms with Gasteiger partial charge in [-0.15, -0.1) is 0 Å². The first kappa shape index (κ1) is 13.3. The summed E-state index contributed by atoms with van der Waals surface area (Å²) in [5.41, 5.74) is 0. The Hall–Kier alpha value is -1.17. The number of esters is 2. The van der Waals surface area contributed by atoms with E-state index >= 15 is 0 Å². The van der Waals surface area contributed by atoms with Crippen molar-refractivity contribution in [1.82, 2.24) is 0 Å². The van der Waals surface area contributed by atoms with Crippen LogP contribution in [0.2, 0.25) is 0 Å². The summed E-state index contributed by atoms with van der Waals surface area (Å²) in [6.45, 7) is 3.61. The van der Waals surface area contributed by atoms with Gasteiger partial charge in [0.25, 0.3) is 0 Å². The van der Waals surface area contributed by atoms with Gasteiger partial charge in [0, 0.05) is 5.92 Å². The highest BCUT2D eigenvalue weighted by molar-refractivity contribution is 7.89. The van der Waals surface area contributed by atoms with E-state index in [0.717, 1.165) is 0 Å². The summed E-state index contributed by atoms with van der Waals surface area (Å²) < 4.78 is 20.6. The third kappa shape index (κ3) is 1.62. The summed E-state index contributed by atoms with van der Waals surface area (Å²) in [6, 6.07) is 0. The maximum absolute atomic E-state index is 12.4. The Balaban J connectivity index is 2.41. The van der Waals surface area contributed by atoms with E-state index in [1.807, 2.05) is 0 Å². The third-order valence-corrected chi connectivity index (χ3v) is 5.49. The normalized spacial score (nSPS) is 31.3. The molecule has 0 N–H and O–H groups in total. The van der Waals surface area contributed by atoms with Gasteiger partial charge in [-0.05, 0) is 20.3 Å². The molecule has 0 radical (unpaired) electrons. The Morgan fingerprint density at radius 3 is 2.17 bits per heavy atom. The standard InChI is InChI=1S/C12H16O5S/c1-3-16-10(13)12(11(14)17-4-2)8-5-6-9(7-8)18(12)15/h5-6,8-9H,3-4,7H2,1-2H3/t8-,9+,18+/m1/s1. The van der Waals surface area contributed by atoms with Crippen LogP contribution in [0, 0.1) is 5.92 Å². The second kappa shape index (κ2) is 4.84. The largest absolute Gasteiger partial charge is 0.464 e. The van der Waals surface area contributed by atoms with Gasteiger partial charge in [0.1, 0.15) is 0 Å². The molecule has 0 aromatic heterocycles. The first-order valence-electron chi connectivity index (χ1n) is 6.02. The number of ether oxygens (including phenoxy) is 2. The van der Waals surface area contributed by atoms with Crippen molar-refractivity contribution in [2.24, 2.45) is 5.92 Å². The van der Waals surface area contributed by atoms with Crippen LogP contribution in [0.15, 0.2) is 12.2 Å². The maximum atomic E-state index is 12.4. The SMILES string of the molecule is CCOC(=O)C1(C(=O)OCC)[C@@H]2C=C[C@@H](C2)[S@@]1=O. The van der Waals surface area contributed by atoms with E-state index in [2.05, 4.69) is 0 Å². The molecule has 2 aliphatic rings. The lowest BCUT2D eigenvalue weighted by atomic mass is 9.91. The van der Waals surface area contributed by atoms with Gasteiger partial charge in [-0.1, -0.05) is 12.2 Å². The average molecular weight is 272 g/mol. The van der Waals surface area contributed by atoms with E-state index in [1.54, 1.807) is 26.0 Å². The molecular weight excluding hydrogens is 256 g/mol. The van der Waals surface area contributed by atoms with Gasteiger partial charge >= 0.3 is 11.9 Å². The number of allylic oxidation sites excluding steroid dienone is 1. The zero-order valence-electron chi connectivity index (χ0n) is 10.4. The summed E-state index contributed by atoms with van der Waals surface area (Å²) in [5, 5.41) is -0.246. The lowest BCUT2D eigenvalue weighted by Gasteiger charge is -2.29. The van der Waals surface area contributed by atoms with Crippen molar-refractivity contribution in [1.29, 1.82) is 0 Å². The molecule has 1 saturated heterocycles. The number of carbonyl (C=O) groups is 2. The van der Waals surface area contributed by atoms with Crippen molar-refractivity contribution in [3.63, 3.8) is 0 Å². The highest BCUT2D eigenvalue weighted by Crippen LogP contribution is 2.46. The lowest BCUT2D eigenvalue weighted by molar-refractivity contribution is -0.160. The Kier molecular flexibility index (Phi) is 3.56. The summed E-state index contributed by atoms with van der Waals surface area (Å²) in [6.07, 6.45) is 4.13. The maximum Gasteiger partial charge on any atom is 0.337 e. The van der Waals surface area contributed by atoms with Crippen LogP contribution in [0.3, 0.4) is 0 Å². The molecule has 1 fully saturated rings. The van der Waals surface area contributed by atoms with Crippen LogP contribution in [0.25, 0.3) is 0 Å². The molecule has 1 aliphatic carbocycles. The van der Waals surface area contributed by atoms with Gasteiger partial charge in [0.15, 0.2) is 0 Å². The lowest BCUT2D eigenvalue weighted by Crippen LogP contribution is -2.55. The highest BCUT2D eigenvalue weighted by Gasteiger charge is 2.66. The molecule has 0 aromatic carbocycles. The molecule has 0 saturated carbocycles. The average Bonchev–Trinajstić information content (AvgIpc) is 2.89. The van der Waals surface area contributed by atoms with Crippen molar-refractivity contribution in [3.05, 3.63) is 12.2 Å². The van der Waals surface area contributed by atoms with Gasteiger partial charge in [-0.3, -0.25) is 4.21 Å². The Morgan fingerprint density at radius 2 is 1.78 bits per heavy atom. The fourth-order valence-corrected chi connectivity index (χ4v) is 4.55. The number of carbonyl (C=O) groups excluding carboxylic acids is 2. The molecule has 0 unspecified atom stereocenters. The van der Waals surface area contributed by atoms with E-state index < -0.39 is 27.5 Å². The van der Waals surface area contributed by atoms with Crippen LogP contribution >= 0.6 is 0 Å². The van der Waals surface area contributed by atoms with Crippen LogP contribution in [-0.2, 0) is 29.9 Å². The molecule has 1 aliphatic heterocycles. The Bertz CT molecular complexity index is 410. The molecule has 18 heavy (non-hydrogen) atoms. The van der Waals surface area contributed by atoms with Crippen LogP contribution in [0.4, 0.5) is 0 Å². The van der Waals surface area contributed by atoms with E-state index in [9.17, 15) is 13.8 Å². The number of rotatable bonds is 4. The zero-order valence-corrected chi connectivity index (χ0v) is 11.2. The molecule has 100 valence electrons. The fraction of sp³-hybridized carbons (Fsp3) is 0.667. The van der Waals surface area contributed by atoms with E-state index in [0.29, 0.717) is 6.42 Å². The van der Waals surface area contributed by atoms with Crippen molar-refractivity contribution in [2.45, 2.75) is 30.3 Å². The van der Waals surface area contributed by atoms with Gasteiger partial charge in [-0.25, -0.2) is 9.59 Å². The molecule has 0 spiro atoms. The van der Waals surface area contributed by atoms with Crippen LogP contribution in [0.5, 0.6) is 0 Å². The third-order valence-electron chi connectivity index (χ3n) is 3.32. The molecule has 2 rings (SSSR count). The number of fused-ring (bicyclic) bond motifs is 2. The first-order chi connectivity index (χ1) is 8.58. The van der Waals surface area contributed by atoms with Crippen molar-refractivity contribution >= 4 is 22.7 Å². The minimum atomic E-state index is -1.65. The van der Waals surface area contributed by atoms with E-state index in [1.165, 1.54) is 0 Å². The van der Waals surface area contributed by atoms with Gasteiger partial charge in [-0.2, -0.15) is 0 Å². The predicted molar refractivity (Wildman–Crippen MR) is 65.2 cm³/mol. The number of hydrogen-bond donors (Lipinski definition) is 0. The summed E-state index contributed by atoms with van der Waals surface area (Å²) in [4.78, 5) is 24.3. The summed E-state index contributed by atoms with van der Waals surface area (Å²) in [5.74, 6) is -1.82. The fourth-order valence-electron chi connectivity index (χ4n) is 2.54. The Morgan fingerprint density at radius 1 is 1.22 bits per heavy atom. The first-order valence-corrected chi connectivity index (χ1v) is 7.23. The van der Waals surface area contributed by atoms with Crippen LogP contribution < -0.4 is 0 Å².